The zero-order valence-corrected chi connectivity index (χ0v) is 13.0. The quantitative estimate of drug-likeness (QED) is 0.840. The van der Waals surface area contributed by atoms with Crippen LogP contribution in [0.1, 0.15) is 68.9 Å². The molecule has 2 aromatic heterocycles. The molecule has 1 atom stereocenters. The molecule has 2 aromatic rings. The van der Waals surface area contributed by atoms with Crippen LogP contribution in [0.25, 0.3) is 0 Å². The van der Waals surface area contributed by atoms with Crippen molar-refractivity contribution in [3.63, 3.8) is 0 Å². The minimum atomic E-state index is 0.276. The van der Waals surface area contributed by atoms with Gasteiger partial charge in [-0.15, -0.1) is 10.2 Å². The fraction of sp³-hybridized carbons (Fsp3) is 0.625. The van der Waals surface area contributed by atoms with Gasteiger partial charge in [-0.05, 0) is 31.5 Å². The van der Waals surface area contributed by atoms with Gasteiger partial charge in [-0.2, -0.15) is 0 Å². The summed E-state index contributed by atoms with van der Waals surface area (Å²) < 4.78 is 11.6. The highest BCUT2D eigenvalue weighted by Gasteiger charge is 2.29. The molecule has 1 aliphatic rings. The largest absolute Gasteiger partial charge is 0.464 e. The van der Waals surface area contributed by atoms with Gasteiger partial charge in [0, 0.05) is 12.3 Å². The molecule has 3 rings (SSSR count). The van der Waals surface area contributed by atoms with Crippen LogP contribution >= 0.6 is 0 Å². The first-order valence-corrected chi connectivity index (χ1v) is 7.82. The van der Waals surface area contributed by atoms with Gasteiger partial charge >= 0.3 is 0 Å². The third-order valence-corrected chi connectivity index (χ3v) is 4.04. The Morgan fingerprint density at radius 2 is 2.14 bits per heavy atom. The van der Waals surface area contributed by atoms with Crippen molar-refractivity contribution >= 4 is 0 Å². The van der Waals surface area contributed by atoms with Gasteiger partial charge in [0.1, 0.15) is 11.5 Å². The molecule has 0 aliphatic carbocycles. The van der Waals surface area contributed by atoms with Crippen LogP contribution in [0.5, 0.6) is 0 Å². The van der Waals surface area contributed by atoms with E-state index in [9.17, 15) is 0 Å². The molecule has 21 heavy (non-hydrogen) atoms. The van der Waals surface area contributed by atoms with E-state index >= 15 is 0 Å². The summed E-state index contributed by atoms with van der Waals surface area (Å²) in [7, 11) is 0. The highest BCUT2D eigenvalue weighted by Crippen LogP contribution is 2.34. The molecule has 0 amide bonds. The maximum Gasteiger partial charge on any atom is 0.230 e. The van der Waals surface area contributed by atoms with Gasteiger partial charge in [0.2, 0.25) is 11.8 Å². The maximum absolute atomic E-state index is 5.92. The summed E-state index contributed by atoms with van der Waals surface area (Å²) in [5, 5.41) is 8.27. The van der Waals surface area contributed by atoms with Gasteiger partial charge in [0.25, 0.3) is 0 Å². The molecular weight excluding hydrogens is 266 g/mol. The Morgan fingerprint density at radius 1 is 1.29 bits per heavy atom. The Bertz CT molecular complexity index is 588. The molecular formula is C16H23N3O2. The van der Waals surface area contributed by atoms with E-state index in [1.165, 1.54) is 6.42 Å². The van der Waals surface area contributed by atoms with Gasteiger partial charge in [-0.25, -0.2) is 0 Å². The summed E-state index contributed by atoms with van der Waals surface area (Å²) in [6.07, 6.45) is 3.24. The second kappa shape index (κ2) is 6.02. The van der Waals surface area contributed by atoms with Crippen molar-refractivity contribution in [2.45, 2.75) is 58.5 Å². The summed E-state index contributed by atoms with van der Waals surface area (Å²) in [6.45, 7) is 7.98. The van der Waals surface area contributed by atoms with Gasteiger partial charge < -0.3 is 8.83 Å². The Morgan fingerprint density at radius 3 is 2.81 bits per heavy atom. The molecule has 1 aliphatic heterocycles. The SMILES string of the molecule is CCc1ccc([C@@H]2CCCN2Cc2nnc(C(C)C)o2)o1. The molecule has 0 aromatic carbocycles. The number of nitrogens with zero attached hydrogens (tertiary/aromatic N) is 3. The van der Waals surface area contributed by atoms with Crippen LogP contribution in [0.2, 0.25) is 0 Å². The fourth-order valence-corrected chi connectivity index (χ4v) is 2.84. The van der Waals surface area contributed by atoms with Crippen LogP contribution in [0.15, 0.2) is 21.0 Å². The lowest BCUT2D eigenvalue weighted by Crippen LogP contribution is -2.22. The summed E-state index contributed by atoms with van der Waals surface area (Å²) in [5.41, 5.74) is 0. The number of rotatable bonds is 5. The molecule has 0 saturated carbocycles. The van der Waals surface area contributed by atoms with Crippen LogP contribution in [0.4, 0.5) is 0 Å². The topological polar surface area (TPSA) is 55.3 Å². The normalized spacial score (nSPS) is 19.7. The molecule has 5 nitrogen and oxygen atoms in total. The van der Waals surface area contributed by atoms with E-state index in [1.807, 2.05) is 0 Å². The van der Waals surface area contributed by atoms with Crippen LogP contribution < -0.4 is 0 Å². The van der Waals surface area contributed by atoms with E-state index in [-0.39, 0.29) is 5.92 Å². The molecule has 0 radical (unpaired) electrons. The van der Waals surface area contributed by atoms with E-state index in [0.29, 0.717) is 24.4 Å². The van der Waals surface area contributed by atoms with Crippen LogP contribution in [0, 0.1) is 0 Å². The molecule has 3 heterocycles. The minimum Gasteiger partial charge on any atom is -0.464 e. The third kappa shape index (κ3) is 3.02. The van der Waals surface area contributed by atoms with E-state index in [0.717, 1.165) is 30.9 Å². The summed E-state index contributed by atoms with van der Waals surface area (Å²) in [5.74, 6) is 3.81. The average molecular weight is 289 g/mol. The van der Waals surface area contributed by atoms with Crippen LogP contribution in [0.3, 0.4) is 0 Å². The number of likely N-dealkylation sites (tertiary alicyclic amines) is 1. The Labute approximate surface area is 125 Å². The van der Waals surface area contributed by atoms with E-state index in [1.54, 1.807) is 0 Å². The van der Waals surface area contributed by atoms with Crippen molar-refractivity contribution in [2.24, 2.45) is 0 Å². The molecule has 0 N–H and O–H groups in total. The van der Waals surface area contributed by atoms with Crippen molar-refractivity contribution in [2.75, 3.05) is 6.54 Å². The molecule has 1 saturated heterocycles. The number of furan rings is 1. The zero-order chi connectivity index (χ0) is 14.8. The third-order valence-electron chi connectivity index (χ3n) is 4.04. The molecule has 114 valence electrons. The maximum atomic E-state index is 5.92. The van der Waals surface area contributed by atoms with Gasteiger partial charge in [-0.3, -0.25) is 4.90 Å². The molecule has 0 spiro atoms. The summed E-state index contributed by atoms with van der Waals surface area (Å²) in [6, 6.07) is 4.52. The van der Waals surface area contributed by atoms with Crippen molar-refractivity contribution in [1.82, 2.24) is 15.1 Å². The second-order valence-corrected chi connectivity index (χ2v) is 5.97. The van der Waals surface area contributed by atoms with Gasteiger partial charge in [0.15, 0.2) is 0 Å². The second-order valence-electron chi connectivity index (χ2n) is 5.97. The summed E-state index contributed by atoms with van der Waals surface area (Å²) in [4.78, 5) is 2.37. The van der Waals surface area contributed by atoms with E-state index in [4.69, 9.17) is 8.83 Å². The monoisotopic (exact) mass is 289 g/mol. The number of aromatic nitrogens is 2. The highest BCUT2D eigenvalue weighted by molar-refractivity contribution is 5.12. The fourth-order valence-electron chi connectivity index (χ4n) is 2.84. The van der Waals surface area contributed by atoms with Gasteiger partial charge in [-0.1, -0.05) is 20.8 Å². The number of hydrogen-bond acceptors (Lipinski definition) is 5. The standard InChI is InChI=1S/C16H23N3O2/c1-4-12-7-8-14(20-12)13-6-5-9-19(13)10-15-17-18-16(21-15)11(2)3/h7-8,11,13H,4-6,9-10H2,1-3H3/t13-/m0/s1. The lowest BCUT2D eigenvalue weighted by atomic mass is 10.1. The van der Waals surface area contributed by atoms with E-state index in [2.05, 4.69) is 48.0 Å². The predicted molar refractivity (Wildman–Crippen MR) is 78.9 cm³/mol. The Kier molecular flexibility index (Phi) is 4.10. The zero-order valence-electron chi connectivity index (χ0n) is 13.0. The molecule has 1 fully saturated rings. The van der Waals surface area contributed by atoms with Crippen molar-refractivity contribution < 1.29 is 8.83 Å². The summed E-state index contributed by atoms with van der Waals surface area (Å²) >= 11 is 0. The Balaban J connectivity index is 1.71. The van der Waals surface area contributed by atoms with Gasteiger partial charge in [0.05, 0.1) is 12.6 Å². The molecule has 5 heteroatoms. The smallest absolute Gasteiger partial charge is 0.230 e. The molecule has 0 unspecified atom stereocenters. The predicted octanol–water partition coefficient (Wildman–Crippen LogP) is 3.69. The first-order chi connectivity index (χ1) is 10.2. The van der Waals surface area contributed by atoms with Crippen LogP contribution in [-0.4, -0.2) is 21.6 Å². The highest BCUT2D eigenvalue weighted by atomic mass is 16.4. The van der Waals surface area contributed by atoms with Crippen molar-refractivity contribution in [3.8, 4) is 0 Å². The minimum absolute atomic E-state index is 0.276. The number of aryl methyl sites for hydroxylation is 1. The lowest BCUT2D eigenvalue weighted by molar-refractivity contribution is 0.197. The molecule has 0 bridgehead atoms. The van der Waals surface area contributed by atoms with Crippen molar-refractivity contribution in [1.29, 1.82) is 0 Å². The number of hydrogen-bond donors (Lipinski definition) is 0. The first kappa shape index (κ1) is 14.3. The van der Waals surface area contributed by atoms with Crippen molar-refractivity contribution in [3.05, 3.63) is 35.4 Å². The van der Waals surface area contributed by atoms with Crippen LogP contribution in [-0.2, 0) is 13.0 Å². The van der Waals surface area contributed by atoms with E-state index < -0.39 is 0 Å². The lowest BCUT2D eigenvalue weighted by Gasteiger charge is -2.20. The Hall–Kier alpha value is -1.62. The average Bonchev–Trinajstić information content (AvgIpc) is 3.18. The first-order valence-electron chi connectivity index (χ1n) is 7.82.